The Morgan fingerprint density at radius 1 is 1.07 bits per heavy atom. The van der Waals surface area contributed by atoms with Crippen LogP contribution in [0.2, 0.25) is 0 Å². The lowest BCUT2D eigenvalue weighted by Crippen LogP contribution is -2.36. The minimum absolute atomic E-state index is 0.0290. The van der Waals surface area contributed by atoms with Crippen molar-refractivity contribution in [3.8, 4) is 5.75 Å². The number of hydrogen-bond donors (Lipinski definition) is 2. The summed E-state index contributed by atoms with van der Waals surface area (Å²) in [6, 6.07) is 12.2. The summed E-state index contributed by atoms with van der Waals surface area (Å²) >= 11 is 0. The summed E-state index contributed by atoms with van der Waals surface area (Å²) in [6.45, 7) is 0.976. The molecule has 2 N–H and O–H groups in total. The van der Waals surface area contributed by atoms with Crippen molar-refractivity contribution in [3.63, 3.8) is 0 Å². The van der Waals surface area contributed by atoms with Gasteiger partial charge in [-0.3, -0.25) is 9.79 Å². The van der Waals surface area contributed by atoms with Gasteiger partial charge in [-0.05, 0) is 35.4 Å². The number of methoxy groups -OCH3 is 1. The summed E-state index contributed by atoms with van der Waals surface area (Å²) in [6.07, 6.45) is 0. The lowest BCUT2D eigenvalue weighted by molar-refractivity contribution is 0.0827. The topological polar surface area (TPSA) is 66.0 Å². The lowest BCUT2D eigenvalue weighted by atomic mass is 10.1. The summed E-state index contributed by atoms with van der Waals surface area (Å²) < 4.78 is 18.7. The number of benzene rings is 2. The second-order valence-corrected chi connectivity index (χ2v) is 6.14. The van der Waals surface area contributed by atoms with Gasteiger partial charge in [0.25, 0.3) is 5.91 Å². The number of ether oxygens (including phenoxy) is 1. The monoisotopic (exact) mass is 372 g/mol. The third-order valence-electron chi connectivity index (χ3n) is 3.97. The van der Waals surface area contributed by atoms with E-state index in [1.54, 1.807) is 50.3 Å². The van der Waals surface area contributed by atoms with Crippen molar-refractivity contribution in [1.29, 1.82) is 0 Å². The molecule has 0 saturated heterocycles. The minimum atomic E-state index is -0.396. The van der Waals surface area contributed by atoms with Crippen LogP contribution < -0.4 is 15.4 Å². The first-order chi connectivity index (χ1) is 12.9. The number of guanidine groups is 1. The Morgan fingerprint density at radius 2 is 1.67 bits per heavy atom. The fourth-order valence-electron chi connectivity index (χ4n) is 2.44. The van der Waals surface area contributed by atoms with Gasteiger partial charge in [-0.2, -0.15) is 0 Å². The van der Waals surface area contributed by atoms with Crippen LogP contribution in [0.1, 0.15) is 21.5 Å². The van der Waals surface area contributed by atoms with Crippen LogP contribution in [0.4, 0.5) is 4.39 Å². The Kier molecular flexibility index (Phi) is 7.16. The lowest BCUT2D eigenvalue weighted by Gasteiger charge is -2.13. The number of nitrogens with one attached hydrogen (secondary N) is 2. The molecule has 144 valence electrons. The summed E-state index contributed by atoms with van der Waals surface area (Å²) in [5.74, 6) is 0.392. The summed E-state index contributed by atoms with van der Waals surface area (Å²) in [7, 11) is 6.55. The normalized spacial score (nSPS) is 11.1. The first kappa shape index (κ1) is 20.2. The molecule has 1 amide bonds. The average molecular weight is 372 g/mol. The first-order valence-corrected chi connectivity index (χ1v) is 8.52. The molecule has 0 aliphatic rings. The summed E-state index contributed by atoms with van der Waals surface area (Å²) in [5.41, 5.74) is 2.44. The Hall–Kier alpha value is -3.09. The van der Waals surface area contributed by atoms with Crippen LogP contribution in [0.25, 0.3) is 0 Å². The molecule has 0 heterocycles. The maximum Gasteiger partial charge on any atom is 0.253 e. The second kappa shape index (κ2) is 9.56. The number of nitrogens with zero attached hydrogens (tertiary/aromatic N) is 2. The van der Waals surface area contributed by atoms with Gasteiger partial charge in [-0.25, -0.2) is 4.39 Å². The highest BCUT2D eigenvalue weighted by molar-refractivity contribution is 5.93. The Balaban J connectivity index is 1.88. The van der Waals surface area contributed by atoms with Gasteiger partial charge in [0.1, 0.15) is 0 Å². The van der Waals surface area contributed by atoms with Gasteiger partial charge in [0.2, 0.25) is 0 Å². The number of halogens is 1. The molecule has 0 aliphatic carbocycles. The van der Waals surface area contributed by atoms with Crippen molar-refractivity contribution in [1.82, 2.24) is 15.5 Å². The summed E-state index contributed by atoms with van der Waals surface area (Å²) in [5, 5.41) is 6.33. The van der Waals surface area contributed by atoms with Crippen LogP contribution in [0.15, 0.2) is 47.5 Å². The van der Waals surface area contributed by atoms with Gasteiger partial charge in [0.15, 0.2) is 17.5 Å². The van der Waals surface area contributed by atoms with E-state index in [1.807, 2.05) is 12.1 Å². The Labute approximate surface area is 159 Å². The predicted octanol–water partition coefficient (Wildman–Crippen LogP) is 2.40. The van der Waals surface area contributed by atoms with Crippen molar-refractivity contribution in [2.45, 2.75) is 13.1 Å². The molecule has 0 aromatic heterocycles. The molecule has 0 saturated carbocycles. The van der Waals surface area contributed by atoms with Crippen LogP contribution >= 0.6 is 0 Å². The molecule has 6 nitrogen and oxygen atoms in total. The van der Waals surface area contributed by atoms with Crippen LogP contribution in [0, 0.1) is 5.82 Å². The van der Waals surface area contributed by atoms with Gasteiger partial charge in [-0.15, -0.1) is 0 Å². The molecule has 0 fully saturated rings. The van der Waals surface area contributed by atoms with Crippen molar-refractivity contribution in [2.24, 2.45) is 4.99 Å². The van der Waals surface area contributed by atoms with Crippen molar-refractivity contribution >= 4 is 11.9 Å². The minimum Gasteiger partial charge on any atom is -0.494 e. The molecule has 2 rings (SSSR count). The Bertz CT molecular complexity index is 804. The highest BCUT2D eigenvalue weighted by atomic mass is 19.1. The zero-order valence-electron chi connectivity index (χ0n) is 16.0. The van der Waals surface area contributed by atoms with E-state index in [0.717, 1.165) is 11.1 Å². The molecule has 0 spiro atoms. The van der Waals surface area contributed by atoms with Gasteiger partial charge in [0.05, 0.1) is 7.11 Å². The largest absolute Gasteiger partial charge is 0.494 e. The van der Waals surface area contributed by atoms with Gasteiger partial charge in [-0.1, -0.05) is 18.2 Å². The maximum atomic E-state index is 13.7. The molecule has 27 heavy (non-hydrogen) atoms. The van der Waals surface area contributed by atoms with Crippen LogP contribution in [0.5, 0.6) is 5.75 Å². The SMILES string of the molecule is CN=C(NCc1ccc(C(=O)N(C)C)cc1)NCc1ccc(OC)c(F)c1. The molecule has 0 unspecified atom stereocenters. The third kappa shape index (κ3) is 5.70. The molecule has 2 aromatic rings. The number of carbonyl (C=O) groups is 1. The number of hydrogen-bond acceptors (Lipinski definition) is 3. The van der Waals surface area contributed by atoms with Crippen LogP contribution in [-0.4, -0.2) is 45.0 Å². The molecule has 0 radical (unpaired) electrons. The van der Waals surface area contributed by atoms with Crippen LogP contribution in [0.3, 0.4) is 0 Å². The van der Waals surface area contributed by atoms with Crippen molar-refractivity contribution < 1.29 is 13.9 Å². The third-order valence-corrected chi connectivity index (χ3v) is 3.97. The number of aliphatic imine (C=N–C) groups is 1. The fraction of sp³-hybridized carbons (Fsp3) is 0.300. The smallest absolute Gasteiger partial charge is 0.253 e. The highest BCUT2D eigenvalue weighted by Crippen LogP contribution is 2.17. The first-order valence-electron chi connectivity index (χ1n) is 8.52. The van der Waals surface area contributed by atoms with Gasteiger partial charge < -0.3 is 20.3 Å². The van der Waals surface area contributed by atoms with Crippen molar-refractivity contribution in [3.05, 3.63) is 65.0 Å². The maximum absolute atomic E-state index is 13.7. The van der Waals surface area contributed by atoms with Crippen molar-refractivity contribution in [2.75, 3.05) is 28.3 Å². The molecule has 0 atom stereocenters. The predicted molar refractivity (Wildman–Crippen MR) is 104 cm³/mol. The van der Waals surface area contributed by atoms with E-state index < -0.39 is 5.82 Å². The molecular weight excluding hydrogens is 347 g/mol. The van der Waals surface area contributed by atoms with E-state index in [0.29, 0.717) is 24.6 Å². The molecular formula is C20H25FN4O2. The number of amides is 1. The fourth-order valence-corrected chi connectivity index (χ4v) is 2.44. The number of rotatable bonds is 6. The quantitative estimate of drug-likeness (QED) is 0.604. The zero-order valence-corrected chi connectivity index (χ0v) is 16.0. The molecule has 0 aliphatic heterocycles. The van der Waals surface area contributed by atoms with E-state index in [1.165, 1.54) is 13.2 Å². The Morgan fingerprint density at radius 3 is 2.19 bits per heavy atom. The average Bonchev–Trinajstić information content (AvgIpc) is 2.68. The molecule has 7 heteroatoms. The van der Waals surface area contributed by atoms with E-state index in [-0.39, 0.29) is 11.7 Å². The van der Waals surface area contributed by atoms with Gasteiger partial charge in [0, 0.05) is 39.8 Å². The van der Waals surface area contributed by atoms with E-state index in [4.69, 9.17) is 4.74 Å². The molecule has 2 aromatic carbocycles. The summed E-state index contributed by atoms with van der Waals surface area (Å²) in [4.78, 5) is 17.6. The van der Waals surface area contributed by atoms with E-state index in [2.05, 4.69) is 15.6 Å². The standard InChI is InChI=1S/C20H25FN4O2/c1-22-20(24-13-15-7-10-18(27-4)17(21)11-15)23-12-14-5-8-16(9-6-14)19(26)25(2)3/h5-11H,12-13H2,1-4H3,(H2,22,23,24). The zero-order chi connectivity index (χ0) is 19.8. The highest BCUT2D eigenvalue weighted by Gasteiger charge is 2.08. The van der Waals surface area contributed by atoms with Gasteiger partial charge >= 0.3 is 0 Å². The van der Waals surface area contributed by atoms with E-state index in [9.17, 15) is 9.18 Å². The second-order valence-electron chi connectivity index (χ2n) is 6.14. The van der Waals surface area contributed by atoms with E-state index >= 15 is 0 Å². The van der Waals surface area contributed by atoms with Crippen LogP contribution in [-0.2, 0) is 13.1 Å². The number of carbonyl (C=O) groups excluding carboxylic acids is 1. The molecule has 0 bridgehead atoms.